The van der Waals surface area contributed by atoms with Crippen molar-refractivity contribution in [2.24, 2.45) is 0 Å². The maximum atomic E-state index is 12.2. The van der Waals surface area contributed by atoms with Crippen molar-refractivity contribution < 1.29 is 4.79 Å². The lowest BCUT2D eigenvalue weighted by atomic mass is 10.1. The topological polar surface area (TPSA) is 41.1 Å². The Balaban J connectivity index is 1.64. The normalized spacial score (nSPS) is 14.0. The number of carbonyl (C=O) groups is 1. The van der Waals surface area contributed by atoms with E-state index in [1.165, 1.54) is 18.4 Å². The van der Waals surface area contributed by atoms with Crippen LogP contribution in [0.5, 0.6) is 0 Å². The minimum absolute atomic E-state index is 0.0673. The molecule has 1 aliphatic carbocycles. The average Bonchev–Trinajstić information content (AvgIpc) is 3.30. The summed E-state index contributed by atoms with van der Waals surface area (Å²) in [5, 5.41) is 6.43. The Labute approximate surface area is 125 Å². The summed E-state index contributed by atoms with van der Waals surface area (Å²) in [6.45, 7) is 2.87. The molecule has 0 aromatic heterocycles. The summed E-state index contributed by atoms with van der Waals surface area (Å²) in [5.74, 6) is -0.0673. The minimum atomic E-state index is -0.0673. The van der Waals surface area contributed by atoms with Crippen LogP contribution in [0.25, 0.3) is 0 Å². The number of carbonyl (C=O) groups excluding carboxylic acids is 1. The molecule has 1 amide bonds. The molecule has 3 rings (SSSR count). The van der Waals surface area contributed by atoms with Gasteiger partial charge in [-0.1, -0.05) is 29.8 Å². The van der Waals surface area contributed by atoms with E-state index in [-0.39, 0.29) is 5.91 Å². The van der Waals surface area contributed by atoms with Gasteiger partial charge in [0.15, 0.2) is 0 Å². The van der Waals surface area contributed by atoms with Crippen LogP contribution in [-0.4, -0.2) is 11.9 Å². The lowest BCUT2D eigenvalue weighted by molar-refractivity contribution is 0.102. The van der Waals surface area contributed by atoms with Crippen molar-refractivity contribution in [3.8, 4) is 0 Å². The van der Waals surface area contributed by atoms with Gasteiger partial charge in [0.2, 0.25) is 0 Å². The van der Waals surface area contributed by atoms with E-state index >= 15 is 0 Å². The number of amides is 1. The van der Waals surface area contributed by atoms with E-state index in [4.69, 9.17) is 0 Å². The second-order valence-corrected chi connectivity index (χ2v) is 5.68. The Kier molecular flexibility index (Phi) is 4.02. The zero-order valence-corrected chi connectivity index (χ0v) is 12.2. The molecule has 0 radical (unpaired) electrons. The highest BCUT2D eigenvalue weighted by atomic mass is 16.1. The molecular formula is C18H20N2O. The number of hydrogen-bond donors (Lipinski definition) is 2. The summed E-state index contributed by atoms with van der Waals surface area (Å²) in [4.78, 5) is 12.2. The van der Waals surface area contributed by atoms with Gasteiger partial charge in [-0.25, -0.2) is 0 Å². The molecule has 0 unspecified atom stereocenters. The summed E-state index contributed by atoms with van der Waals surface area (Å²) >= 11 is 0. The van der Waals surface area contributed by atoms with Crippen molar-refractivity contribution >= 4 is 11.6 Å². The predicted octanol–water partition coefficient (Wildman–Crippen LogP) is 3.50. The maximum absolute atomic E-state index is 12.2. The van der Waals surface area contributed by atoms with Crippen molar-refractivity contribution in [2.75, 3.05) is 5.32 Å². The molecule has 3 heteroatoms. The fourth-order valence-corrected chi connectivity index (χ4v) is 2.22. The molecule has 1 saturated carbocycles. The van der Waals surface area contributed by atoms with Gasteiger partial charge in [0, 0.05) is 23.8 Å². The minimum Gasteiger partial charge on any atom is -0.322 e. The van der Waals surface area contributed by atoms with Crippen molar-refractivity contribution in [3.63, 3.8) is 0 Å². The quantitative estimate of drug-likeness (QED) is 0.880. The van der Waals surface area contributed by atoms with E-state index in [9.17, 15) is 4.79 Å². The van der Waals surface area contributed by atoms with Gasteiger partial charge in [-0.3, -0.25) is 4.79 Å². The molecule has 2 N–H and O–H groups in total. The average molecular weight is 280 g/mol. The van der Waals surface area contributed by atoms with Gasteiger partial charge in [-0.15, -0.1) is 0 Å². The molecule has 0 heterocycles. The van der Waals surface area contributed by atoms with E-state index in [1.807, 2.05) is 49.4 Å². The van der Waals surface area contributed by atoms with Gasteiger partial charge in [-0.05, 0) is 49.6 Å². The molecule has 1 fully saturated rings. The molecule has 0 bridgehead atoms. The van der Waals surface area contributed by atoms with Crippen LogP contribution in [0.1, 0.15) is 34.3 Å². The van der Waals surface area contributed by atoms with Crippen molar-refractivity contribution in [1.82, 2.24) is 5.32 Å². The number of aryl methyl sites for hydroxylation is 1. The van der Waals surface area contributed by atoms with Crippen LogP contribution in [0.15, 0.2) is 48.5 Å². The molecule has 21 heavy (non-hydrogen) atoms. The zero-order chi connectivity index (χ0) is 14.7. The summed E-state index contributed by atoms with van der Waals surface area (Å²) in [6.07, 6.45) is 2.56. The molecule has 0 spiro atoms. The number of rotatable bonds is 5. The van der Waals surface area contributed by atoms with Gasteiger partial charge in [0.1, 0.15) is 0 Å². The first-order chi connectivity index (χ1) is 10.2. The van der Waals surface area contributed by atoms with Crippen molar-refractivity contribution in [2.45, 2.75) is 32.4 Å². The number of anilines is 1. The summed E-state index contributed by atoms with van der Waals surface area (Å²) < 4.78 is 0. The fraction of sp³-hybridized carbons (Fsp3) is 0.278. The highest BCUT2D eigenvalue weighted by molar-refractivity contribution is 6.04. The Morgan fingerprint density at radius 3 is 2.62 bits per heavy atom. The third kappa shape index (κ3) is 3.92. The van der Waals surface area contributed by atoms with Crippen molar-refractivity contribution in [3.05, 3.63) is 65.2 Å². The fourth-order valence-electron chi connectivity index (χ4n) is 2.22. The maximum Gasteiger partial charge on any atom is 0.255 e. The SMILES string of the molecule is Cc1ccc(C(=O)Nc2cccc(CNC3CC3)c2)cc1. The van der Waals surface area contributed by atoms with E-state index in [0.717, 1.165) is 17.8 Å². The van der Waals surface area contributed by atoms with Crippen LogP contribution >= 0.6 is 0 Å². The predicted molar refractivity (Wildman–Crippen MR) is 85.4 cm³/mol. The number of benzene rings is 2. The molecule has 0 saturated heterocycles. The van der Waals surface area contributed by atoms with Gasteiger partial charge < -0.3 is 10.6 Å². The third-order valence-electron chi connectivity index (χ3n) is 3.67. The van der Waals surface area contributed by atoms with Crippen LogP contribution in [0.2, 0.25) is 0 Å². The van der Waals surface area contributed by atoms with Gasteiger partial charge in [-0.2, -0.15) is 0 Å². The highest BCUT2D eigenvalue weighted by Crippen LogP contribution is 2.20. The van der Waals surface area contributed by atoms with Crippen LogP contribution < -0.4 is 10.6 Å². The van der Waals surface area contributed by atoms with Crippen LogP contribution in [0.4, 0.5) is 5.69 Å². The smallest absolute Gasteiger partial charge is 0.255 e. The second-order valence-electron chi connectivity index (χ2n) is 5.68. The van der Waals surface area contributed by atoms with E-state index in [1.54, 1.807) is 0 Å². The van der Waals surface area contributed by atoms with Crippen molar-refractivity contribution in [1.29, 1.82) is 0 Å². The standard InChI is InChI=1S/C18H20N2O/c1-13-5-7-15(8-6-13)18(21)20-17-4-2-3-14(11-17)12-19-16-9-10-16/h2-8,11,16,19H,9-10,12H2,1H3,(H,20,21). The third-order valence-corrected chi connectivity index (χ3v) is 3.67. The first-order valence-electron chi connectivity index (χ1n) is 7.41. The Morgan fingerprint density at radius 2 is 1.90 bits per heavy atom. The highest BCUT2D eigenvalue weighted by Gasteiger charge is 2.19. The van der Waals surface area contributed by atoms with Crippen LogP contribution in [-0.2, 0) is 6.54 Å². The number of nitrogens with one attached hydrogen (secondary N) is 2. The summed E-state index contributed by atoms with van der Waals surface area (Å²) in [7, 11) is 0. The lowest BCUT2D eigenvalue weighted by Crippen LogP contribution is -2.16. The van der Waals surface area contributed by atoms with E-state index in [0.29, 0.717) is 11.6 Å². The lowest BCUT2D eigenvalue weighted by Gasteiger charge is -2.08. The molecule has 108 valence electrons. The van der Waals surface area contributed by atoms with Gasteiger partial charge in [0.25, 0.3) is 5.91 Å². The molecule has 2 aromatic carbocycles. The van der Waals surface area contributed by atoms with E-state index in [2.05, 4.69) is 16.7 Å². The first kappa shape index (κ1) is 13.8. The first-order valence-corrected chi connectivity index (χ1v) is 7.41. The Hall–Kier alpha value is -2.13. The van der Waals surface area contributed by atoms with E-state index < -0.39 is 0 Å². The molecule has 3 nitrogen and oxygen atoms in total. The van der Waals surface area contributed by atoms with Gasteiger partial charge >= 0.3 is 0 Å². The molecule has 2 aromatic rings. The molecule has 0 aliphatic heterocycles. The molecule has 1 aliphatic rings. The monoisotopic (exact) mass is 280 g/mol. The van der Waals surface area contributed by atoms with Crippen LogP contribution in [0, 0.1) is 6.92 Å². The summed E-state index contributed by atoms with van der Waals surface area (Å²) in [5.41, 5.74) is 3.88. The Morgan fingerprint density at radius 1 is 1.14 bits per heavy atom. The molecular weight excluding hydrogens is 260 g/mol. The summed E-state index contributed by atoms with van der Waals surface area (Å²) in [6, 6.07) is 16.3. The number of hydrogen-bond acceptors (Lipinski definition) is 2. The zero-order valence-electron chi connectivity index (χ0n) is 12.2. The van der Waals surface area contributed by atoms with Gasteiger partial charge in [0.05, 0.1) is 0 Å². The Bertz CT molecular complexity index is 630. The van der Waals surface area contributed by atoms with Crippen LogP contribution in [0.3, 0.4) is 0 Å². The largest absolute Gasteiger partial charge is 0.322 e. The molecule has 0 atom stereocenters. The second kappa shape index (κ2) is 6.10.